The summed E-state index contributed by atoms with van der Waals surface area (Å²) in [6, 6.07) is 5.43. The van der Waals surface area contributed by atoms with Crippen molar-refractivity contribution in [3.63, 3.8) is 0 Å². The van der Waals surface area contributed by atoms with E-state index < -0.39 is 5.82 Å². The van der Waals surface area contributed by atoms with Crippen molar-refractivity contribution in [3.05, 3.63) is 40.9 Å². The summed E-state index contributed by atoms with van der Waals surface area (Å²) in [5, 5.41) is 3.54. The maximum absolute atomic E-state index is 14.2. The number of aromatic nitrogens is 2. The van der Waals surface area contributed by atoms with Crippen LogP contribution in [0, 0.1) is 12.7 Å². The summed E-state index contributed by atoms with van der Waals surface area (Å²) in [6.45, 7) is 1.90. The molecule has 0 radical (unpaired) electrons. The number of nitrogens with zero attached hydrogens (tertiary/aromatic N) is 2. The van der Waals surface area contributed by atoms with E-state index >= 15 is 0 Å². The monoisotopic (exact) mass is 293 g/mol. The van der Waals surface area contributed by atoms with Gasteiger partial charge in [0, 0.05) is 12.2 Å². The number of nitrogens with one attached hydrogen (secondary N) is 1. The van der Waals surface area contributed by atoms with Gasteiger partial charge in [-0.2, -0.15) is 0 Å². The first kappa shape index (κ1) is 13.4. The number of anilines is 1. The van der Waals surface area contributed by atoms with Crippen LogP contribution >= 0.6 is 11.6 Å². The summed E-state index contributed by atoms with van der Waals surface area (Å²) in [6.07, 6.45) is 6.59. The number of halogens is 2. The minimum Gasteiger partial charge on any atom is -0.353 e. The molecular formula is C15H17ClFN3. The van der Waals surface area contributed by atoms with Crippen LogP contribution in [0.4, 0.5) is 10.3 Å². The molecule has 5 heteroatoms. The van der Waals surface area contributed by atoms with Crippen molar-refractivity contribution in [2.75, 3.05) is 5.32 Å². The van der Waals surface area contributed by atoms with Crippen molar-refractivity contribution in [2.24, 2.45) is 0 Å². The van der Waals surface area contributed by atoms with Gasteiger partial charge in [-0.25, -0.2) is 9.37 Å². The highest BCUT2D eigenvalue weighted by Crippen LogP contribution is 2.27. The molecule has 3 nitrogen and oxygen atoms in total. The van der Waals surface area contributed by atoms with Crippen molar-refractivity contribution < 1.29 is 4.39 Å². The fourth-order valence-corrected chi connectivity index (χ4v) is 2.88. The average Bonchev–Trinajstić information content (AvgIpc) is 3.03. The van der Waals surface area contributed by atoms with E-state index in [1.807, 2.05) is 13.1 Å². The molecule has 1 aromatic carbocycles. The predicted octanol–water partition coefficient (Wildman–Crippen LogP) is 4.33. The van der Waals surface area contributed by atoms with Crippen LogP contribution < -0.4 is 5.32 Å². The van der Waals surface area contributed by atoms with Crippen LogP contribution in [0.5, 0.6) is 0 Å². The molecule has 1 N–H and O–H groups in total. The summed E-state index contributed by atoms with van der Waals surface area (Å²) >= 11 is 5.86. The number of aryl methyl sites for hydroxylation is 1. The van der Waals surface area contributed by atoms with Crippen LogP contribution in [0.3, 0.4) is 0 Å². The molecule has 2 aromatic rings. The lowest BCUT2D eigenvalue weighted by atomic mass is 10.2. The zero-order valence-corrected chi connectivity index (χ0v) is 12.1. The molecule has 0 spiro atoms. The normalized spacial score (nSPS) is 15.8. The van der Waals surface area contributed by atoms with Crippen molar-refractivity contribution in [3.8, 4) is 5.69 Å². The van der Waals surface area contributed by atoms with E-state index in [0.717, 1.165) is 18.5 Å². The van der Waals surface area contributed by atoms with Gasteiger partial charge in [-0.15, -0.1) is 0 Å². The molecule has 1 aliphatic rings. The minimum absolute atomic E-state index is 0.126. The van der Waals surface area contributed by atoms with E-state index in [1.54, 1.807) is 22.8 Å². The van der Waals surface area contributed by atoms with Gasteiger partial charge in [0.2, 0.25) is 5.95 Å². The molecule has 0 amide bonds. The van der Waals surface area contributed by atoms with Gasteiger partial charge in [0.05, 0.1) is 16.4 Å². The Bertz CT molecular complexity index is 618. The second kappa shape index (κ2) is 5.44. The molecular weight excluding hydrogens is 277 g/mol. The minimum atomic E-state index is -0.416. The van der Waals surface area contributed by atoms with Crippen LogP contribution in [0.2, 0.25) is 5.02 Å². The van der Waals surface area contributed by atoms with Crippen LogP contribution in [-0.2, 0) is 0 Å². The molecule has 20 heavy (non-hydrogen) atoms. The Labute approximate surface area is 122 Å². The van der Waals surface area contributed by atoms with Gasteiger partial charge in [0.25, 0.3) is 0 Å². The second-order valence-corrected chi connectivity index (χ2v) is 5.68. The SMILES string of the molecule is Cc1cn(-c2cccc(Cl)c2F)c(NC2CCCC2)n1. The van der Waals surface area contributed by atoms with E-state index in [-0.39, 0.29) is 5.02 Å². The van der Waals surface area contributed by atoms with Crippen LogP contribution in [-0.4, -0.2) is 15.6 Å². The largest absolute Gasteiger partial charge is 0.353 e. The van der Waals surface area contributed by atoms with Crippen LogP contribution in [0.25, 0.3) is 5.69 Å². The smallest absolute Gasteiger partial charge is 0.208 e. The molecule has 1 heterocycles. The van der Waals surface area contributed by atoms with Gasteiger partial charge in [0.15, 0.2) is 5.82 Å². The fourth-order valence-electron chi connectivity index (χ4n) is 2.71. The number of imidazole rings is 1. The lowest BCUT2D eigenvalue weighted by molar-refractivity contribution is 0.618. The maximum atomic E-state index is 14.2. The molecule has 0 bridgehead atoms. The zero-order valence-electron chi connectivity index (χ0n) is 11.4. The lowest BCUT2D eigenvalue weighted by Gasteiger charge is -2.15. The summed E-state index contributed by atoms with van der Waals surface area (Å²) in [7, 11) is 0. The Kier molecular flexibility index (Phi) is 3.66. The number of hydrogen-bond acceptors (Lipinski definition) is 2. The van der Waals surface area contributed by atoms with Gasteiger partial charge < -0.3 is 5.32 Å². The lowest BCUT2D eigenvalue weighted by Crippen LogP contribution is -2.18. The van der Waals surface area contributed by atoms with Crippen LogP contribution in [0.15, 0.2) is 24.4 Å². The van der Waals surface area contributed by atoms with Crippen molar-refractivity contribution in [2.45, 2.75) is 38.6 Å². The third kappa shape index (κ3) is 2.52. The summed E-state index contributed by atoms with van der Waals surface area (Å²) in [4.78, 5) is 4.46. The van der Waals surface area contributed by atoms with Crippen molar-refractivity contribution >= 4 is 17.5 Å². The standard InChI is InChI=1S/C15H17ClFN3/c1-10-9-20(13-8-4-7-12(16)14(13)17)15(18-10)19-11-5-2-3-6-11/h4,7-9,11H,2-3,5-6H2,1H3,(H,18,19). The third-order valence-electron chi connectivity index (χ3n) is 3.71. The Balaban J connectivity index is 1.98. The van der Waals surface area contributed by atoms with Gasteiger partial charge in [-0.05, 0) is 31.9 Å². The third-order valence-corrected chi connectivity index (χ3v) is 4.00. The first-order valence-electron chi connectivity index (χ1n) is 6.92. The number of rotatable bonds is 3. The van der Waals surface area contributed by atoms with E-state index in [9.17, 15) is 4.39 Å². The first-order chi connectivity index (χ1) is 9.65. The Morgan fingerprint density at radius 2 is 2.10 bits per heavy atom. The Morgan fingerprint density at radius 1 is 1.35 bits per heavy atom. The molecule has 0 unspecified atom stereocenters. The van der Waals surface area contributed by atoms with Crippen molar-refractivity contribution in [1.82, 2.24) is 9.55 Å². The summed E-state index contributed by atoms with van der Waals surface area (Å²) < 4.78 is 15.9. The Morgan fingerprint density at radius 3 is 2.85 bits per heavy atom. The first-order valence-corrected chi connectivity index (χ1v) is 7.30. The molecule has 1 aliphatic carbocycles. The highest BCUT2D eigenvalue weighted by Gasteiger charge is 2.19. The van der Waals surface area contributed by atoms with Crippen LogP contribution in [0.1, 0.15) is 31.4 Å². The van der Waals surface area contributed by atoms with E-state index in [0.29, 0.717) is 17.7 Å². The molecule has 0 atom stereocenters. The van der Waals surface area contributed by atoms with Gasteiger partial charge in [-0.3, -0.25) is 4.57 Å². The fraction of sp³-hybridized carbons (Fsp3) is 0.400. The van der Waals surface area contributed by atoms with Gasteiger partial charge in [0.1, 0.15) is 0 Å². The molecule has 1 saturated carbocycles. The zero-order chi connectivity index (χ0) is 14.1. The molecule has 1 fully saturated rings. The van der Waals surface area contributed by atoms with E-state index in [4.69, 9.17) is 11.6 Å². The maximum Gasteiger partial charge on any atom is 0.208 e. The highest BCUT2D eigenvalue weighted by atomic mass is 35.5. The predicted molar refractivity (Wildman–Crippen MR) is 79.1 cm³/mol. The number of benzene rings is 1. The second-order valence-electron chi connectivity index (χ2n) is 5.27. The van der Waals surface area contributed by atoms with E-state index in [2.05, 4.69) is 10.3 Å². The van der Waals surface area contributed by atoms with E-state index in [1.165, 1.54) is 12.8 Å². The Hall–Kier alpha value is -1.55. The summed E-state index contributed by atoms with van der Waals surface area (Å²) in [5.41, 5.74) is 1.28. The van der Waals surface area contributed by atoms with Gasteiger partial charge in [-0.1, -0.05) is 30.5 Å². The highest BCUT2D eigenvalue weighted by molar-refractivity contribution is 6.30. The molecule has 3 rings (SSSR count). The quantitative estimate of drug-likeness (QED) is 0.913. The molecule has 0 aliphatic heterocycles. The molecule has 106 valence electrons. The molecule has 1 aromatic heterocycles. The molecule has 0 saturated heterocycles. The number of hydrogen-bond donors (Lipinski definition) is 1. The average molecular weight is 294 g/mol. The van der Waals surface area contributed by atoms with Crippen molar-refractivity contribution in [1.29, 1.82) is 0 Å². The summed E-state index contributed by atoms with van der Waals surface area (Å²) in [5.74, 6) is 0.275. The van der Waals surface area contributed by atoms with Gasteiger partial charge >= 0.3 is 0 Å². The topological polar surface area (TPSA) is 29.9 Å².